The first kappa shape index (κ1) is 111. The fraction of sp³-hybridized carbons (Fsp3) is 0.542. The lowest BCUT2D eigenvalue weighted by atomic mass is 10.00. The molecule has 0 bridgehead atoms. The van der Waals surface area contributed by atoms with E-state index in [0.717, 1.165) is 44.2 Å². The molecule has 2 aliphatic heterocycles. The van der Waals surface area contributed by atoms with E-state index in [1.165, 1.54) is 40.6 Å². The van der Waals surface area contributed by atoms with Gasteiger partial charge in [0, 0.05) is 124 Å². The number of hydrogen-bond acceptors (Lipinski definition) is 22. The van der Waals surface area contributed by atoms with E-state index in [0.29, 0.717) is 82.7 Å². The monoisotopic (exact) mass is 1980 g/mol. The molecule has 5 heterocycles. The van der Waals surface area contributed by atoms with Gasteiger partial charge in [-0.25, -0.2) is 4.98 Å². The third kappa shape index (κ3) is 32.5. The summed E-state index contributed by atoms with van der Waals surface area (Å²) in [5.74, 6) is -18.4. The molecule has 3 aliphatic rings. The Morgan fingerprint density at radius 2 is 1.02 bits per heavy atom. The molecule has 1 unspecified atom stereocenters. The van der Waals surface area contributed by atoms with Gasteiger partial charge in [-0.2, -0.15) is 0 Å². The maximum Gasteiger partial charge on any atom is 0.246 e. The molecule has 1 aliphatic carbocycles. The van der Waals surface area contributed by atoms with Crippen LogP contribution < -0.4 is 86.3 Å². The van der Waals surface area contributed by atoms with Gasteiger partial charge in [-0.3, -0.25) is 91.7 Å². The van der Waals surface area contributed by atoms with Crippen molar-refractivity contribution in [1.29, 1.82) is 5.41 Å². The number of benzene rings is 3. The largest absolute Gasteiger partial charge is 0.394 e. The number of H-pyrrole nitrogens is 3. The molecule has 141 heavy (non-hydrogen) atoms. The summed E-state index contributed by atoms with van der Waals surface area (Å²) in [7, 11) is 3.95. The average Bonchev–Trinajstić information content (AvgIpc) is 1.65. The number of primary amides is 2. The van der Waals surface area contributed by atoms with E-state index in [9.17, 15) is 48.3 Å². The Bertz CT molecular complexity index is 5360. The molecule has 45 heteroatoms. The second-order valence-corrected chi connectivity index (χ2v) is 37.6. The number of guanidine groups is 1. The molecule has 1 saturated carbocycles. The minimum atomic E-state index is -1.91. The lowest BCUT2D eigenvalue weighted by molar-refractivity contribution is -0.149. The zero-order valence-electron chi connectivity index (χ0n) is 81.0. The number of aliphatic hydroxyl groups is 1. The Kier molecular flexibility index (Phi) is 42.8. The smallest absolute Gasteiger partial charge is 0.246 e. The Hall–Kier alpha value is -14.0. The van der Waals surface area contributed by atoms with E-state index >= 15 is 43.2 Å². The van der Waals surface area contributed by atoms with Crippen molar-refractivity contribution < 1.29 is 91.4 Å². The highest BCUT2D eigenvalue weighted by atomic mass is 32.2. The summed E-state index contributed by atoms with van der Waals surface area (Å²) in [5, 5.41) is 55.4. The summed E-state index contributed by atoms with van der Waals surface area (Å²) >= 11 is 0.791. The van der Waals surface area contributed by atoms with Crippen LogP contribution in [0.5, 0.6) is 0 Å². The number of aromatic amines is 3. The Morgan fingerprint density at radius 3 is 1.63 bits per heavy atom. The number of likely N-dealkylation sites (N-methyl/N-ethyl adjacent to an activating group) is 3. The predicted octanol–water partition coefficient (Wildman–Crippen LogP) is -1.41. The fourth-order valence-electron chi connectivity index (χ4n) is 17.5. The number of fused-ring (bicyclic) bond motifs is 3. The van der Waals surface area contributed by atoms with E-state index in [1.807, 2.05) is 13.8 Å². The van der Waals surface area contributed by atoms with Crippen molar-refractivity contribution in [1.82, 2.24) is 109 Å². The normalized spacial score (nSPS) is 23.9. The van der Waals surface area contributed by atoms with Crippen molar-refractivity contribution in [3.8, 4) is 0 Å². The highest BCUT2D eigenvalue weighted by Crippen LogP contribution is 2.28. The van der Waals surface area contributed by atoms with Gasteiger partial charge in [-0.05, 0) is 106 Å². The summed E-state index contributed by atoms with van der Waals surface area (Å²) < 4.78 is 0. The molecular formula is C96H137N25O19S. The summed E-state index contributed by atoms with van der Waals surface area (Å²) in [6.07, 6.45) is 8.08. The van der Waals surface area contributed by atoms with Crippen molar-refractivity contribution in [3.63, 3.8) is 0 Å². The second-order valence-electron chi connectivity index (χ2n) is 36.5. The number of hydrogen-bond donors (Lipinski definition) is 21. The Morgan fingerprint density at radius 1 is 0.496 bits per heavy atom. The van der Waals surface area contributed by atoms with E-state index in [-0.39, 0.29) is 114 Å². The number of thioether (sulfide) groups is 1. The van der Waals surface area contributed by atoms with Crippen molar-refractivity contribution in [3.05, 3.63) is 126 Å². The first-order valence-electron chi connectivity index (χ1n) is 48.0. The Labute approximate surface area is 821 Å². The van der Waals surface area contributed by atoms with Crippen molar-refractivity contribution in [2.45, 2.75) is 254 Å². The molecule has 3 fully saturated rings. The molecule has 766 valence electrons. The number of amides is 18. The number of aromatic nitrogens is 4. The summed E-state index contributed by atoms with van der Waals surface area (Å²) in [5.41, 5.74) is 20.0. The van der Waals surface area contributed by atoms with Crippen LogP contribution in [0, 0.1) is 17.2 Å². The van der Waals surface area contributed by atoms with Crippen molar-refractivity contribution >= 4 is 146 Å². The van der Waals surface area contributed by atoms with Gasteiger partial charge >= 0.3 is 0 Å². The molecule has 44 nitrogen and oxygen atoms in total. The van der Waals surface area contributed by atoms with Crippen LogP contribution in [0.3, 0.4) is 0 Å². The SMILES string of the molecule is CCCC[C@H]1C(=O)N(C)[C@@H](CCCC)C(=O)N[C@@H](CCCNC(=N)N)C(=O)NC(C(=O)NCC(N)=O)CSCC(=O)N[C@@H](Cc2ccccc2)C(=O)N(C)[C@@H](C)C(=O)N[C@@H](CC(N)=O)C(=O)N2CCC[C@H]2C(=O)N[C@@H](Cc2cnc[nH]2)C(=O)N[C@@H](CC(C)C)C(=O)N[C@@H](CCNC(=O)C2CCCC2)C(=O)N[C@@H](Cc2c[nH]c3ccccc23)C(=O)N[C@@H](CO)C(=O)N[C@@H](Cc2c[nH]c3ccccc23)C(=O)N1C. The van der Waals surface area contributed by atoms with Crippen molar-refractivity contribution in [2.24, 2.45) is 29.0 Å². The van der Waals surface area contributed by atoms with Crippen LogP contribution in [-0.2, 0) is 112 Å². The van der Waals surface area contributed by atoms with Crippen LogP contribution in [0.25, 0.3) is 21.8 Å². The maximum atomic E-state index is 15.9. The molecule has 24 N–H and O–H groups in total. The number of carbonyl (C=O) groups excluding carboxylic acids is 18. The van der Waals surface area contributed by atoms with Crippen LogP contribution in [0.4, 0.5) is 0 Å². The van der Waals surface area contributed by atoms with E-state index in [2.05, 4.69) is 89.1 Å². The zero-order valence-corrected chi connectivity index (χ0v) is 81.8. The summed E-state index contributed by atoms with van der Waals surface area (Å²) in [6.45, 7) is 6.34. The zero-order chi connectivity index (χ0) is 103. The molecular weight excluding hydrogens is 1840 g/mol. The van der Waals surface area contributed by atoms with Gasteiger partial charge in [0.15, 0.2) is 5.96 Å². The van der Waals surface area contributed by atoms with E-state index in [4.69, 9.17) is 22.6 Å². The average molecular weight is 1980 g/mol. The van der Waals surface area contributed by atoms with Gasteiger partial charge in [0.25, 0.3) is 0 Å². The van der Waals surface area contributed by atoms with Gasteiger partial charge in [0.1, 0.15) is 84.6 Å². The number of imidazole rings is 1. The minimum absolute atomic E-state index is 0.00745. The Balaban J connectivity index is 1.12. The summed E-state index contributed by atoms with van der Waals surface area (Å²) in [4.78, 5) is 283. The number of aliphatic hydroxyl groups excluding tert-OH is 1. The lowest BCUT2D eigenvalue weighted by Crippen LogP contribution is -2.62. The molecule has 18 amide bonds. The lowest BCUT2D eigenvalue weighted by Gasteiger charge is -2.36. The second kappa shape index (κ2) is 54.5. The van der Waals surface area contributed by atoms with Gasteiger partial charge in [0.05, 0.1) is 31.7 Å². The number of carbonyl (C=O) groups is 18. The molecule has 0 spiro atoms. The third-order valence-corrected chi connectivity index (χ3v) is 26.5. The molecule has 14 atom stereocenters. The number of unbranched alkanes of at least 4 members (excludes halogenated alkanes) is 2. The summed E-state index contributed by atoms with van der Waals surface area (Å²) in [6, 6.07) is 0.655. The quantitative estimate of drug-likeness (QED) is 0.0140. The minimum Gasteiger partial charge on any atom is -0.394 e. The third-order valence-electron chi connectivity index (χ3n) is 25.5. The van der Waals surface area contributed by atoms with E-state index in [1.54, 1.807) is 105 Å². The number of nitrogens with one attached hydrogen (secondary N) is 17. The van der Waals surface area contributed by atoms with E-state index < -0.39 is 222 Å². The molecule has 0 radical (unpaired) electrons. The van der Waals surface area contributed by atoms with Crippen LogP contribution in [0.1, 0.15) is 166 Å². The number of para-hydroxylation sites is 2. The van der Waals surface area contributed by atoms with Gasteiger partial charge < -0.3 is 126 Å². The fourth-order valence-corrected chi connectivity index (χ4v) is 18.3. The first-order valence-corrected chi connectivity index (χ1v) is 49.2. The highest BCUT2D eigenvalue weighted by Gasteiger charge is 2.45. The molecule has 6 aromatic rings. The topological polar surface area (TPSA) is 659 Å². The first-order chi connectivity index (χ1) is 67.4. The van der Waals surface area contributed by atoms with Crippen LogP contribution in [0.15, 0.2) is 104 Å². The molecule has 2 saturated heterocycles. The number of nitrogens with two attached hydrogens (primary N) is 3. The van der Waals surface area contributed by atoms with Gasteiger partial charge in [0.2, 0.25) is 106 Å². The van der Waals surface area contributed by atoms with Crippen LogP contribution >= 0.6 is 11.8 Å². The van der Waals surface area contributed by atoms with Crippen LogP contribution in [-0.4, -0.2) is 307 Å². The van der Waals surface area contributed by atoms with Crippen molar-refractivity contribution in [2.75, 3.05) is 65.4 Å². The predicted molar refractivity (Wildman–Crippen MR) is 523 cm³/mol. The maximum absolute atomic E-state index is 15.9. The standard InChI is InChI=1S/C96H137N25O19S/c1-9-11-33-75-90(135)110-65(32-22-37-103-96(99)100)84(129)117-74(83(128)106-49-79(98)124)51-141-52-80(125)108-70(41-56-24-14-13-15-25-56)92(137)118(6)55(5)81(126)114-72(45-78(97)123)94(139)121-39-23-35-76(121)91(136)113-69(44-60-48-101-53-107-60)88(133)111-67(40-54(3)4)86(131)109-66(36-38-102-82(127)57-26-16-17-27-57)85(130)112-68(42-58-46-104-63-30-20-18-28-61(58)63)87(132)116-73(50-122)89(134)115-71(43-59-47-105-64-31-21-19-29-62(59)64)93(138)120(8)77(34-12-10-2)95(140)119(75)7/h13-15,18-21,24-25,28-31,46-48,53-55,57,65-77,104-105,122H,9-12,16-17,22-23,26-27,32-45,49-52H2,1-8H3,(H2,97,123)(H2,98,124)(H,101,107)(H,102,127)(H,106,128)(H,108,125)(H,109,131)(H,110,135)(H,111,133)(H,112,130)(H,113,136)(H,114,126)(H,115,134)(H,116,132)(H,117,129)(H4,99,100,103)/t55-,65-,66-,67-,68-,69-,70-,71-,72-,73-,74?,75-,76-,77-/m0/s1. The van der Waals surface area contributed by atoms with Crippen LogP contribution in [0.2, 0.25) is 0 Å². The molecule has 3 aromatic heterocycles. The number of rotatable bonds is 30. The number of nitrogens with zero attached hydrogens (tertiary/aromatic N) is 5. The molecule has 9 rings (SSSR count). The molecule has 3 aromatic carbocycles. The highest BCUT2D eigenvalue weighted by molar-refractivity contribution is 8.00. The van der Waals surface area contributed by atoms with Gasteiger partial charge in [-0.1, -0.05) is 133 Å². The van der Waals surface area contributed by atoms with Gasteiger partial charge in [-0.15, -0.1) is 11.8 Å².